The molecule has 0 amide bonds. The van der Waals surface area contributed by atoms with Gasteiger partial charge < -0.3 is 20.4 Å². The number of aliphatic hydroxyl groups excluding tert-OH is 1. The molecule has 3 aromatic heterocycles. The second kappa shape index (κ2) is 5.84. The average molecular weight is 344 g/mol. The highest BCUT2D eigenvalue weighted by Gasteiger charge is 2.23. The Hall–Kier alpha value is -3.95. The number of rotatable bonds is 3. The molecule has 0 bridgehead atoms. The van der Waals surface area contributed by atoms with E-state index in [-0.39, 0.29) is 24.5 Å². The maximum absolute atomic E-state index is 9.36. The van der Waals surface area contributed by atoms with Gasteiger partial charge >= 0.3 is 0 Å². The number of nitrogens with one attached hydrogen (secondary N) is 1. The van der Waals surface area contributed by atoms with E-state index < -0.39 is 0 Å². The summed E-state index contributed by atoms with van der Waals surface area (Å²) in [5.74, 6) is 0.778. The minimum absolute atomic E-state index is 0.0847. The molecule has 0 radical (unpaired) electrons. The van der Waals surface area contributed by atoms with Gasteiger partial charge in [0.2, 0.25) is 0 Å². The largest absolute Gasteiger partial charge is 0.395 e. The number of H-pyrrole nitrogens is 1. The summed E-state index contributed by atoms with van der Waals surface area (Å²) in [6.07, 6.45) is 0. The minimum Gasteiger partial charge on any atom is -0.395 e. The van der Waals surface area contributed by atoms with Gasteiger partial charge in [0.05, 0.1) is 23.2 Å². The molecular weight excluding hydrogens is 332 g/mol. The SMILES string of the molecule is N#Cc1nc2c(-c3nc4ccccc4[nH]3)c(N)n(CCO)c2nc1C#N. The van der Waals surface area contributed by atoms with E-state index in [0.29, 0.717) is 28.4 Å². The van der Waals surface area contributed by atoms with Gasteiger partial charge in [0.25, 0.3) is 0 Å². The highest BCUT2D eigenvalue weighted by atomic mass is 16.3. The zero-order chi connectivity index (χ0) is 18.3. The Morgan fingerprint density at radius 2 is 1.85 bits per heavy atom. The van der Waals surface area contributed by atoms with Crippen molar-refractivity contribution < 1.29 is 5.11 Å². The Morgan fingerprint density at radius 3 is 2.54 bits per heavy atom. The van der Waals surface area contributed by atoms with Crippen molar-refractivity contribution in [2.75, 3.05) is 12.3 Å². The number of aromatic amines is 1. The van der Waals surface area contributed by atoms with Crippen molar-refractivity contribution in [1.82, 2.24) is 24.5 Å². The van der Waals surface area contributed by atoms with Crippen LogP contribution >= 0.6 is 0 Å². The Kier molecular flexibility index (Phi) is 3.50. The molecule has 9 nitrogen and oxygen atoms in total. The van der Waals surface area contributed by atoms with Crippen molar-refractivity contribution >= 4 is 28.0 Å². The molecule has 0 aliphatic rings. The Balaban J connectivity index is 2.09. The van der Waals surface area contributed by atoms with Crippen molar-refractivity contribution in [3.05, 3.63) is 35.7 Å². The van der Waals surface area contributed by atoms with Crippen LogP contribution in [0.5, 0.6) is 0 Å². The second-order valence-corrected chi connectivity index (χ2v) is 5.55. The molecule has 0 saturated heterocycles. The molecule has 4 rings (SSSR count). The lowest BCUT2D eigenvalue weighted by Crippen LogP contribution is -2.07. The number of nitrogens with two attached hydrogens (primary N) is 1. The summed E-state index contributed by atoms with van der Waals surface area (Å²) in [6, 6.07) is 11.2. The quantitative estimate of drug-likeness (QED) is 0.506. The number of hydrogen-bond donors (Lipinski definition) is 3. The molecular formula is C17H12N8O. The first-order valence-corrected chi connectivity index (χ1v) is 7.73. The second-order valence-electron chi connectivity index (χ2n) is 5.55. The first-order chi connectivity index (χ1) is 12.7. The fourth-order valence-electron chi connectivity index (χ4n) is 2.94. The maximum atomic E-state index is 9.36. The fraction of sp³-hybridized carbons (Fsp3) is 0.118. The molecule has 0 spiro atoms. The van der Waals surface area contributed by atoms with E-state index in [1.54, 1.807) is 4.57 Å². The standard InChI is InChI=1S/C17H12N8O/c18-7-11-12(8-19)24-17-14(21-11)13(15(20)25(17)5-6-26)16-22-9-3-1-2-4-10(9)23-16/h1-4,26H,5-6,20H2,(H,22,23). The van der Waals surface area contributed by atoms with E-state index in [9.17, 15) is 15.6 Å². The van der Waals surface area contributed by atoms with E-state index in [1.807, 2.05) is 36.4 Å². The summed E-state index contributed by atoms with van der Waals surface area (Å²) in [6.45, 7) is 0.00509. The molecule has 0 aliphatic heterocycles. The third-order valence-electron chi connectivity index (χ3n) is 4.08. The lowest BCUT2D eigenvalue weighted by atomic mass is 10.2. The van der Waals surface area contributed by atoms with Crippen LogP contribution in [0.3, 0.4) is 0 Å². The first-order valence-electron chi connectivity index (χ1n) is 7.73. The topological polar surface area (TPSA) is 153 Å². The van der Waals surface area contributed by atoms with Crippen LogP contribution in [0, 0.1) is 22.7 Å². The molecule has 9 heteroatoms. The molecule has 0 fully saturated rings. The van der Waals surface area contributed by atoms with Crippen molar-refractivity contribution in [1.29, 1.82) is 10.5 Å². The number of aliphatic hydroxyl groups is 1. The zero-order valence-electron chi connectivity index (χ0n) is 13.4. The van der Waals surface area contributed by atoms with E-state index in [1.165, 1.54) is 0 Å². The third kappa shape index (κ3) is 2.16. The van der Waals surface area contributed by atoms with Gasteiger partial charge in [0.15, 0.2) is 17.0 Å². The molecule has 1 aromatic carbocycles. The smallest absolute Gasteiger partial charge is 0.179 e. The Labute approximate surface area is 147 Å². The van der Waals surface area contributed by atoms with Crippen molar-refractivity contribution in [2.24, 2.45) is 0 Å². The van der Waals surface area contributed by atoms with Crippen LogP contribution in [-0.4, -0.2) is 36.2 Å². The number of hydrogen-bond acceptors (Lipinski definition) is 7. The summed E-state index contributed by atoms with van der Waals surface area (Å²) in [4.78, 5) is 16.2. The van der Waals surface area contributed by atoms with Crippen molar-refractivity contribution in [2.45, 2.75) is 6.54 Å². The molecule has 0 aliphatic carbocycles. The van der Waals surface area contributed by atoms with E-state index >= 15 is 0 Å². The third-order valence-corrected chi connectivity index (χ3v) is 4.08. The predicted octanol–water partition coefficient (Wildman–Crippen LogP) is 1.29. The Bertz CT molecular complexity index is 1200. The van der Waals surface area contributed by atoms with E-state index in [0.717, 1.165) is 11.0 Å². The summed E-state index contributed by atoms with van der Waals surface area (Å²) >= 11 is 0. The van der Waals surface area contributed by atoms with Crippen LogP contribution in [0.1, 0.15) is 11.4 Å². The van der Waals surface area contributed by atoms with Crippen LogP contribution in [0.2, 0.25) is 0 Å². The number of nitrogens with zero attached hydrogens (tertiary/aromatic N) is 6. The molecule has 0 saturated carbocycles. The number of nitriles is 2. The first kappa shape index (κ1) is 15.6. The lowest BCUT2D eigenvalue weighted by molar-refractivity contribution is 0.278. The maximum Gasteiger partial charge on any atom is 0.179 e. The van der Waals surface area contributed by atoms with Gasteiger partial charge in [-0.3, -0.25) is 0 Å². The van der Waals surface area contributed by atoms with Gasteiger partial charge in [-0.2, -0.15) is 10.5 Å². The van der Waals surface area contributed by atoms with E-state index in [2.05, 4.69) is 19.9 Å². The highest BCUT2D eigenvalue weighted by Crippen LogP contribution is 2.34. The predicted molar refractivity (Wildman–Crippen MR) is 93.5 cm³/mol. The van der Waals surface area contributed by atoms with Gasteiger partial charge in [-0.15, -0.1) is 0 Å². The molecule has 126 valence electrons. The number of nitrogen functional groups attached to an aromatic ring is 1. The lowest BCUT2D eigenvalue weighted by Gasteiger charge is -2.04. The monoisotopic (exact) mass is 344 g/mol. The van der Waals surface area contributed by atoms with Crippen LogP contribution in [-0.2, 0) is 6.54 Å². The van der Waals surface area contributed by atoms with Gasteiger partial charge in [0, 0.05) is 6.54 Å². The molecule has 4 N–H and O–H groups in total. The number of para-hydroxylation sites is 2. The zero-order valence-corrected chi connectivity index (χ0v) is 13.4. The molecule has 0 atom stereocenters. The summed E-state index contributed by atoms with van der Waals surface area (Å²) < 4.78 is 1.56. The number of aromatic nitrogens is 5. The molecule has 4 aromatic rings. The molecule has 0 unspecified atom stereocenters. The van der Waals surface area contributed by atoms with Gasteiger partial charge in [-0.1, -0.05) is 12.1 Å². The molecule has 3 heterocycles. The summed E-state index contributed by atoms with van der Waals surface area (Å²) in [5.41, 5.74) is 8.85. The van der Waals surface area contributed by atoms with Gasteiger partial charge in [-0.25, -0.2) is 15.0 Å². The van der Waals surface area contributed by atoms with Crippen LogP contribution in [0.25, 0.3) is 33.6 Å². The summed E-state index contributed by atoms with van der Waals surface area (Å²) in [5, 5.41) is 27.8. The number of benzene rings is 1. The average Bonchev–Trinajstić information content (AvgIpc) is 3.19. The van der Waals surface area contributed by atoms with E-state index in [4.69, 9.17) is 5.73 Å². The van der Waals surface area contributed by atoms with Crippen molar-refractivity contribution in [3.8, 4) is 23.5 Å². The van der Waals surface area contributed by atoms with Crippen LogP contribution in [0.4, 0.5) is 5.82 Å². The van der Waals surface area contributed by atoms with Gasteiger partial charge in [0.1, 0.15) is 29.3 Å². The number of fused-ring (bicyclic) bond motifs is 2. The van der Waals surface area contributed by atoms with Crippen LogP contribution < -0.4 is 5.73 Å². The number of imidazole rings is 1. The normalized spacial score (nSPS) is 10.9. The number of anilines is 1. The van der Waals surface area contributed by atoms with Crippen molar-refractivity contribution in [3.63, 3.8) is 0 Å². The molecule has 26 heavy (non-hydrogen) atoms. The highest BCUT2D eigenvalue weighted by molar-refractivity contribution is 5.98. The summed E-state index contributed by atoms with van der Waals surface area (Å²) in [7, 11) is 0. The Morgan fingerprint density at radius 1 is 1.12 bits per heavy atom. The fourth-order valence-corrected chi connectivity index (χ4v) is 2.94. The minimum atomic E-state index is -0.170. The van der Waals surface area contributed by atoms with Crippen LogP contribution in [0.15, 0.2) is 24.3 Å². The van der Waals surface area contributed by atoms with Gasteiger partial charge in [-0.05, 0) is 12.1 Å².